The molecule has 166 valence electrons. The van der Waals surface area contributed by atoms with Gasteiger partial charge in [0.2, 0.25) is 0 Å². The van der Waals surface area contributed by atoms with E-state index in [9.17, 15) is 14.7 Å². The molecule has 2 aliphatic heterocycles. The summed E-state index contributed by atoms with van der Waals surface area (Å²) in [6, 6.07) is 9.36. The van der Waals surface area contributed by atoms with Crippen molar-refractivity contribution < 1.29 is 19.4 Å². The lowest BCUT2D eigenvalue weighted by Crippen LogP contribution is -2.36. The van der Waals surface area contributed by atoms with E-state index in [2.05, 4.69) is 10.3 Å². The minimum absolute atomic E-state index is 0.0245. The Labute approximate surface area is 189 Å². The average Bonchev–Trinajstić information content (AvgIpc) is 3.48. The van der Waals surface area contributed by atoms with Crippen LogP contribution in [0.2, 0.25) is 0 Å². The van der Waals surface area contributed by atoms with Gasteiger partial charge in [-0.05, 0) is 62.1 Å². The number of anilines is 3. The molecule has 1 saturated heterocycles. The summed E-state index contributed by atoms with van der Waals surface area (Å²) >= 11 is 1.42. The molecule has 2 aromatic heterocycles. The number of likely N-dealkylation sites (tertiary alicyclic amines) is 1. The summed E-state index contributed by atoms with van der Waals surface area (Å²) in [5.74, 6) is -0.0245. The molecule has 2 N–H and O–H groups in total. The third-order valence-corrected chi connectivity index (χ3v) is 7.28. The van der Waals surface area contributed by atoms with E-state index in [-0.39, 0.29) is 18.2 Å². The molecule has 4 heterocycles. The molecule has 2 amide bonds. The number of carbonyl (C=O) groups is 2. The van der Waals surface area contributed by atoms with Crippen LogP contribution in [0.1, 0.15) is 35.0 Å². The number of pyridine rings is 1. The van der Waals surface area contributed by atoms with Gasteiger partial charge >= 0.3 is 6.09 Å². The van der Waals surface area contributed by atoms with Gasteiger partial charge in [0.15, 0.2) is 0 Å². The van der Waals surface area contributed by atoms with Gasteiger partial charge in [-0.3, -0.25) is 14.7 Å². The molecule has 0 radical (unpaired) electrons. The molecule has 2 unspecified atom stereocenters. The van der Waals surface area contributed by atoms with E-state index in [1.54, 1.807) is 18.2 Å². The van der Waals surface area contributed by atoms with Crippen molar-refractivity contribution in [2.45, 2.75) is 38.5 Å². The standard InChI is InChI=1S/C23H24N4O4S/c1-13-10-14-11-15(5-6-18(14)27(13)23(29)30)25-16-7-8-24-17-12-19(32-21(16)17)22(28)26-9-3-4-20(26)31-2/h5-8,11-13,20H,3-4,9-10H2,1-2H3,(H,24,25)(H,29,30). The summed E-state index contributed by atoms with van der Waals surface area (Å²) < 4.78 is 6.36. The van der Waals surface area contributed by atoms with E-state index in [0.29, 0.717) is 17.8 Å². The molecular weight excluding hydrogens is 428 g/mol. The van der Waals surface area contributed by atoms with E-state index < -0.39 is 6.09 Å². The third kappa shape index (κ3) is 3.47. The van der Waals surface area contributed by atoms with Crippen LogP contribution < -0.4 is 10.2 Å². The molecule has 8 nitrogen and oxygen atoms in total. The molecule has 0 bridgehead atoms. The number of rotatable bonds is 4. The maximum atomic E-state index is 13.1. The van der Waals surface area contributed by atoms with Crippen LogP contribution in [0.3, 0.4) is 0 Å². The second-order valence-corrected chi connectivity index (χ2v) is 9.24. The predicted octanol–water partition coefficient (Wildman–Crippen LogP) is 4.68. The highest BCUT2D eigenvalue weighted by Gasteiger charge is 2.32. The minimum Gasteiger partial charge on any atom is -0.465 e. The smallest absolute Gasteiger partial charge is 0.412 e. The number of nitrogens with one attached hydrogen (secondary N) is 1. The highest BCUT2D eigenvalue weighted by Crippen LogP contribution is 2.37. The first-order chi connectivity index (χ1) is 15.5. The van der Waals surface area contributed by atoms with Gasteiger partial charge in [-0.2, -0.15) is 0 Å². The monoisotopic (exact) mass is 452 g/mol. The van der Waals surface area contributed by atoms with Gasteiger partial charge in [0, 0.05) is 31.6 Å². The maximum Gasteiger partial charge on any atom is 0.412 e. The molecule has 9 heteroatoms. The SMILES string of the molecule is COC1CCCN1C(=O)c1cc2nccc(Nc3ccc4c(c3)CC(C)N4C(=O)O)c2s1. The second kappa shape index (κ2) is 8.07. The van der Waals surface area contributed by atoms with Crippen LogP contribution >= 0.6 is 11.3 Å². The normalized spacial score (nSPS) is 20.1. The number of carbonyl (C=O) groups excluding carboxylic acids is 1. The van der Waals surface area contributed by atoms with Crippen molar-refractivity contribution in [2.75, 3.05) is 23.9 Å². The first-order valence-corrected chi connectivity index (χ1v) is 11.4. The van der Waals surface area contributed by atoms with Gasteiger partial charge in [-0.25, -0.2) is 4.79 Å². The maximum absolute atomic E-state index is 13.1. The number of fused-ring (bicyclic) bond motifs is 2. The van der Waals surface area contributed by atoms with Crippen LogP contribution in [-0.2, 0) is 11.2 Å². The molecule has 0 saturated carbocycles. The van der Waals surface area contributed by atoms with Gasteiger partial charge in [-0.1, -0.05) is 0 Å². The zero-order valence-electron chi connectivity index (χ0n) is 17.9. The number of carboxylic acid groups (broad SMARTS) is 1. The highest BCUT2D eigenvalue weighted by atomic mass is 32.1. The minimum atomic E-state index is -0.933. The van der Waals surface area contributed by atoms with Crippen molar-refractivity contribution in [3.8, 4) is 0 Å². The first-order valence-electron chi connectivity index (χ1n) is 10.6. The fourth-order valence-corrected chi connectivity index (χ4v) is 5.69. The highest BCUT2D eigenvalue weighted by molar-refractivity contribution is 7.21. The Morgan fingerprint density at radius 3 is 2.91 bits per heavy atom. The van der Waals surface area contributed by atoms with E-state index in [1.165, 1.54) is 16.2 Å². The summed E-state index contributed by atoms with van der Waals surface area (Å²) in [6.07, 6.45) is 3.10. The van der Waals surface area contributed by atoms with Crippen molar-refractivity contribution in [3.63, 3.8) is 0 Å². The molecule has 0 aliphatic carbocycles. The fraction of sp³-hybridized carbons (Fsp3) is 0.348. The number of methoxy groups -OCH3 is 1. The topological polar surface area (TPSA) is 95.0 Å². The number of hydrogen-bond donors (Lipinski definition) is 2. The van der Waals surface area contributed by atoms with Gasteiger partial charge in [0.1, 0.15) is 6.23 Å². The molecule has 3 aromatic rings. The summed E-state index contributed by atoms with van der Waals surface area (Å²) in [7, 11) is 1.64. The molecular formula is C23H24N4O4S. The van der Waals surface area contributed by atoms with Crippen molar-refractivity contribution in [1.82, 2.24) is 9.88 Å². The number of thiophene rings is 1. The van der Waals surface area contributed by atoms with E-state index >= 15 is 0 Å². The second-order valence-electron chi connectivity index (χ2n) is 8.19. The molecule has 2 aliphatic rings. The molecule has 1 fully saturated rings. The van der Waals surface area contributed by atoms with Gasteiger partial charge < -0.3 is 20.1 Å². The quantitative estimate of drug-likeness (QED) is 0.597. The fourth-order valence-electron chi connectivity index (χ4n) is 4.65. The molecule has 32 heavy (non-hydrogen) atoms. The zero-order valence-corrected chi connectivity index (χ0v) is 18.7. The van der Waals surface area contributed by atoms with Gasteiger partial charge in [0.25, 0.3) is 5.91 Å². The number of ether oxygens (including phenoxy) is 1. The van der Waals surface area contributed by atoms with E-state index in [4.69, 9.17) is 4.74 Å². The van der Waals surface area contributed by atoms with Crippen LogP contribution in [0, 0.1) is 0 Å². The Morgan fingerprint density at radius 2 is 2.12 bits per heavy atom. The summed E-state index contributed by atoms with van der Waals surface area (Å²) in [5, 5.41) is 12.9. The van der Waals surface area contributed by atoms with Gasteiger partial charge in [0.05, 0.1) is 26.5 Å². The molecule has 2 atom stereocenters. The van der Waals surface area contributed by atoms with Crippen LogP contribution in [-0.4, -0.2) is 52.9 Å². The Morgan fingerprint density at radius 1 is 1.28 bits per heavy atom. The number of nitrogens with zero attached hydrogens (tertiary/aromatic N) is 3. The number of benzene rings is 1. The summed E-state index contributed by atoms with van der Waals surface area (Å²) in [4.78, 5) is 32.9. The lowest BCUT2D eigenvalue weighted by atomic mass is 10.1. The van der Waals surface area contributed by atoms with Crippen LogP contribution in [0.5, 0.6) is 0 Å². The van der Waals surface area contributed by atoms with Gasteiger partial charge in [-0.15, -0.1) is 11.3 Å². The zero-order chi connectivity index (χ0) is 22.4. The third-order valence-electron chi connectivity index (χ3n) is 6.13. The first kappa shape index (κ1) is 20.7. The summed E-state index contributed by atoms with van der Waals surface area (Å²) in [6.45, 7) is 2.61. The summed E-state index contributed by atoms with van der Waals surface area (Å²) in [5.41, 5.74) is 4.23. The largest absolute Gasteiger partial charge is 0.465 e. The van der Waals surface area contributed by atoms with Crippen molar-refractivity contribution in [3.05, 3.63) is 47.0 Å². The van der Waals surface area contributed by atoms with Crippen LogP contribution in [0.25, 0.3) is 10.2 Å². The van der Waals surface area contributed by atoms with E-state index in [0.717, 1.165) is 45.7 Å². The molecule has 0 spiro atoms. The lowest BCUT2D eigenvalue weighted by Gasteiger charge is -2.22. The molecule has 5 rings (SSSR count). The number of hydrogen-bond acceptors (Lipinski definition) is 6. The Balaban J connectivity index is 1.43. The average molecular weight is 453 g/mol. The number of amides is 2. The van der Waals surface area contributed by atoms with E-state index in [1.807, 2.05) is 37.3 Å². The Kier molecular flexibility index (Phi) is 5.22. The molecule has 1 aromatic carbocycles. The van der Waals surface area contributed by atoms with Crippen molar-refractivity contribution in [1.29, 1.82) is 0 Å². The number of aromatic nitrogens is 1. The van der Waals surface area contributed by atoms with Crippen molar-refractivity contribution in [2.24, 2.45) is 0 Å². The Bertz CT molecular complexity index is 1210. The van der Waals surface area contributed by atoms with Crippen molar-refractivity contribution >= 4 is 50.6 Å². The Hall–Kier alpha value is -3.17. The van der Waals surface area contributed by atoms with Crippen LogP contribution in [0.4, 0.5) is 21.9 Å². The lowest BCUT2D eigenvalue weighted by molar-refractivity contribution is 0.00195. The predicted molar refractivity (Wildman–Crippen MR) is 124 cm³/mol. The van der Waals surface area contributed by atoms with Crippen LogP contribution in [0.15, 0.2) is 36.5 Å².